The Morgan fingerprint density at radius 1 is 0.962 bits per heavy atom. The van der Waals surface area contributed by atoms with E-state index in [-0.39, 0.29) is 5.91 Å². The highest BCUT2D eigenvalue weighted by Gasteiger charge is 2.09. The van der Waals surface area contributed by atoms with E-state index in [2.05, 4.69) is 54.8 Å². The zero-order chi connectivity index (χ0) is 18.8. The van der Waals surface area contributed by atoms with Crippen molar-refractivity contribution < 1.29 is 9.53 Å². The summed E-state index contributed by atoms with van der Waals surface area (Å²) in [6, 6.07) is 14.3. The molecule has 2 rings (SSSR count). The van der Waals surface area contributed by atoms with E-state index in [1.165, 1.54) is 16.7 Å². The van der Waals surface area contributed by atoms with E-state index in [0.29, 0.717) is 13.0 Å². The summed E-state index contributed by atoms with van der Waals surface area (Å²) < 4.78 is 5.16. The van der Waals surface area contributed by atoms with E-state index in [9.17, 15) is 4.79 Å². The largest absolute Gasteiger partial charge is 0.497 e. The second kappa shape index (κ2) is 10.6. The minimum Gasteiger partial charge on any atom is -0.497 e. The third-order valence-corrected chi connectivity index (χ3v) is 4.54. The highest BCUT2D eigenvalue weighted by atomic mass is 16.5. The Labute approximate surface area is 157 Å². The van der Waals surface area contributed by atoms with Crippen molar-refractivity contribution in [1.82, 2.24) is 5.32 Å². The molecule has 0 heterocycles. The number of hydrogen-bond acceptors (Lipinski definition) is 3. The summed E-state index contributed by atoms with van der Waals surface area (Å²) in [6.45, 7) is 5.76. The summed E-state index contributed by atoms with van der Waals surface area (Å²) in [6.07, 6.45) is 3.25. The van der Waals surface area contributed by atoms with Crippen LogP contribution in [0.3, 0.4) is 0 Å². The molecule has 0 aliphatic heterocycles. The number of rotatable bonds is 10. The van der Waals surface area contributed by atoms with Crippen LogP contribution in [0.2, 0.25) is 0 Å². The van der Waals surface area contributed by atoms with Gasteiger partial charge >= 0.3 is 0 Å². The molecule has 2 N–H and O–H groups in total. The van der Waals surface area contributed by atoms with Gasteiger partial charge in [0.25, 0.3) is 0 Å². The molecule has 140 valence electrons. The Morgan fingerprint density at radius 3 is 2.19 bits per heavy atom. The number of hydrogen-bond donors (Lipinski definition) is 2. The van der Waals surface area contributed by atoms with Crippen LogP contribution in [-0.4, -0.2) is 26.1 Å². The summed E-state index contributed by atoms with van der Waals surface area (Å²) in [7, 11) is 1.67. The van der Waals surface area contributed by atoms with Gasteiger partial charge in [0, 0.05) is 18.7 Å². The summed E-state index contributed by atoms with van der Waals surface area (Å²) in [5.74, 6) is 0.940. The lowest BCUT2D eigenvalue weighted by atomic mass is 10.0. The lowest BCUT2D eigenvalue weighted by molar-refractivity contribution is -0.116. The highest BCUT2D eigenvalue weighted by Crippen LogP contribution is 2.22. The van der Waals surface area contributed by atoms with Crippen LogP contribution in [0.1, 0.15) is 37.0 Å². The summed E-state index contributed by atoms with van der Waals surface area (Å²) in [5, 5.41) is 6.45. The fraction of sp³-hybridized carbons (Fsp3) is 0.409. The van der Waals surface area contributed by atoms with E-state index in [0.717, 1.165) is 37.2 Å². The van der Waals surface area contributed by atoms with Crippen molar-refractivity contribution in [2.75, 3.05) is 25.5 Å². The third-order valence-electron chi connectivity index (χ3n) is 4.54. The summed E-state index contributed by atoms with van der Waals surface area (Å²) in [4.78, 5) is 12.3. The lowest BCUT2D eigenvalue weighted by Gasteiger charge is -2.14. The predicted octanol–water partition coefficient (Wildman–Crippen LogP) is 3.98. The first kappa shape index (κ1) is 20.0. The van der Waals surface area contributed by atoms with E-state index >= 15 is 0 Å². The zero-order valence-electron chi connectivity index (χ0n) is 16.1. The second-order valence-electron chi connectivity index (χ2n) is 6.30. The third kappa shape index (κ3) is 5.88. The molecule has 2 aromatic rings. The van der Waals surface area contributed by atoms with Crippen LogP contribution in [0.15, 0.2) is 42.5 Å². The molecule has 0 aliphatic rings. The first-order chi connectivity index (χ1) is 12.7. The smallest absolute Gasteiger partial charge is 0.225 e. The maximum atomic E-state index is 12.3. The number of nitrogens with one attached hydrogen (secondary N) is 2. The van der Waals surface area contributed by atoms with Gasteiger partial charge in [-0.15, -0.1) is 0 Å². The molecule has 2 aromatic carbocycles. The normalized spacial score (nSPS) is 10.6. The van der Waals surface area contributed by atoms with Crippen molar-refractivity contribution in [3.63, 3.8) is 0 Å². The first-order valence-corrected chi connectivity index (χ1v) is 9.42. The molecule has 0 radical (unpaired) electrons. The van der Waals surface area contributed by atoms with Gasteiger partial charge in [-0.3, -0.25) is 4.79 Å². The minimum atomic E-state index is 0.0672. The Bertz CT molecular complexity index is 674. The number of carbonyl (C=O) groups excluding carboxylic acids is 1. The second-order valence-corrected chi connectivity index (χ2v) is 6.30. The van der Waals surface area contributed by atoms with Crippen molar-refractivity contribution in [1.29, 1.82) is 0 Å². The molecule has 4 nitrogen and oxygen atoms in total. The first-order valence-electron chi connectivity index (χ1n) is 9.42. The fourth-order valence-corrected chi connectivity index (χ4v) is 2.96. The number of anilines is 1. The number of aryl methyl sites for hydroxylation is 2. The van der Waals surface area contributed by atoms with Gasteiger partial charge in [0.2, 0.25) is 5.91 Å². The molecule has 0 unspecified atom stereocenters. The molecular formula is C22H30N2O2. The van der Waals surface area contributed by atoms with Gasteiger partial charge < -0.3 is 15.4 Å². The topological polar surface area (TPSA) is 50.4 Å². The lowest BCUT2D eigenvalue weighted by Crippen LogP contribution is -2.24. The van der Waals surface area contributed by atoms with Gasteiger partial charge in [-0.1, -0.05) is 44.2 Å². The van der Waals surface area contributed by atoms with Crippen LogP contribution in [0, 0.1) is 0 Å². The number of amides is 1. The number of para-hydroxylation sites is 1. The zero-order valence-corrected chi connectivity index (χ0v) is 16.1. The van der Waals surface area contributed by atoms with Crippen molar-refractivity contribution in [2.45, 2.75) is 39.5 Å². The van der Waals surface area contributed by atoms with Crippen molar-refractivity contribution in [2.24, 2.45) is 0 Å². The molecule has 0 fully saturated rings. The molecular weight excluding hydrogens is 324 g/mol. The molecule has 0 saturated carbocycles. The van der Waals surface area contributed by atoms with Gasteiger partial charge in [-0.25, -0.2) is 0 Å². The molecule has 0 bridgehead atoms. The van der Waals surface area contributed by atoms with Crippen molar-refractivity contribution in [3.05, 3.63) is 59.2 Å². The Morgan fingerprint density at radius 2 is 1.62 bits per heavy atom. The maximum absolute atomic E-state index is 12.3. The average Bonchev–Trinajstić information content (AvgIpc) is 2.68. The highest BCUT2D eigenvalue weighted by molar-refractivity contribution is 5.92. The van der Waals surface area contributed by atoms with Gasteiger partial charge in [0.1, 0.15) is 5.75 Å². The SMILES string of the molecule is CCc1cccc(CC)c1NC(=O)CCNCCc1ccc(OC)cc1. The van der Waals surface area contributed by atoms with E-state index in [1.54, 1.807) is 7.11 Å². The number of carbonyl (C=O) groups is 1. The van der Waals surface area contributed by atoms with Crippen LogP contribution in [-0.2, 0) is 24.1 Å². The molecule has 0 spiro atoms. The summed E-state index contributed by atoms with van der Waals surface area (Å²) in [5.41, 5.74) is 4.66. The summed E-state index contributed by atoms with van der Waals surface area (Å²) >= 11 is 0. The molecule has 0 atom stereocenters. The van der Waals surface area contributed by atoms with Crippen LogP contribution in [0.5, 0.6) is 5.75 Å². The maximum Gasteiger partial charge on any atom is 0.225 e. The standard InChI is InChI=1S/C22H30N2O2/c1-4-18-7-6-8-19(5-2)22(18)24-21(25)14-16-23-15-13-17-9-11-20(26-3)12-10-17/h6-12,23H,4-5,13-16H2,1-3H3,(H,24,25). The van der Waals surface area contributed by atoms with Gasteiger partial charge in [-0.05, 0) is 54.6 Å². The number of ether oxygens (including phenoxy) is 1. The van der Waals surface area contributed by atoms with E-state index in [1.807, 2.05) is 12.1 Å². The predicted molar refractivity (Wildman–Crippen MR) is 108 cm³/mol. The quantitative estimate of drug-likeness (QED) is 0.635. The van der Waals surface area contributed by atoms with E-state index in [4.69, 9.17) is 4.74 Å². The molecule has 26 heavy (non-hydrogen) atoms. The molecule has 4 heteroatoms. The average molecular weight is 354 g/mol. The van der Waals surface area contributed by atoms with Gasteiger partial charge in [0.15, 0.2) is 0 Å². The van der Waals surface area contributed by atoms with Crippen LogP contribution in [0.25, 0.3) is 0 Å². The Hall–Kier alpha value is -2.33. The molecule has 0 saturated heterocycles. The Kier molecular flexibility index (Phi) is 8.16. The monoisotopic (exact) mass is 354 g/mol. The van der Waals surface area contributed by atoms with Crippen LogP contribution < -0.4 is 15.4 Å². The van der Waals surface area contributed by atoms with E-state index < -0.39 is 0 Å². The minimum absolute atomic E-state index is 0.0672. The molecule has 0 aliphatic carbocycles. The number of methoxy groups -OCH3 is 1. The van der Waals surface area contributed by atoms with Crippen molar-refractivity contribution in [3.8, 4) is 5.75 Å². The molecule has 1 amide bonds. The van der Waals surface area contributed by atoms with Crippen LogP contribution >= 0.6 is 0 Å². The molecule has 0 aromatic heterocycles. The number of benzene rings is 2. The van der Waals surface area contributed by atoms with Gasteiger partial charge in [0.05, 0.1) is 7.11 Å². The van der Waals surface area contributed by atoms with Crippen molar-refractivity contribution >= 4 is 11.6 Å². The van der Waals surface area contributed by atoms with Gasteiger partial charge in [-0.2, -0.15) is 0 Å². The fourth-order valence-electron chi connectivity index (χ4n) is 2.96. The van der Waals surface area contributed by atoms with Crippen LogP contribution in [0.4, 0.5) is 5.69 Å². The Balaban J connectivity index is 1.74.